The van der Waals surface area contributed by atoms with Crippen molar-refractivity contribution in [2.45, 2.75) is 0 Å². The summed E-state index contributed by atoms with van der Waals surface area (Å²) in [6, 6.07) is 8.49. The molecule has 4 aromatic rings. The molecular weight excluding hydrogens is 349 g/mol. The fraction of sp³-hybridized carbons (Fsp3) is 0. The number of rotatable bonds is 2. The molecule has 118 valence electrons. The first-order valence-corrected chi connectivity index (χ1v) is 7.71. The van der Waals surface area contributed by atoms with Gasteiger partial charge in [0.15, 0.2) is 11.2 Å². The van der Waals surface area contributed by atoms with E-state index in [2.05, 4.69) is 15.0 Å². The van der Waals surface area contributed by atoms with Crippen LogP contribution in [0.2, 0.25) is 10.0 Å². The van der Waals surface area contributed by atoms with Gasteiger partial charge in [-0.25, -0.2) is 9.97 Å². The molecule has 3 aromatic heterocycles. The Kier molecular flexibility index (Phi) is 3.55. The molecule has 24 heavy (non-hydrogen) atoms. The van der Waals surface area contributed by atoms with Gasteiger partial charge in [0.1, 0.15) is 12.7 Å². The summed E-state index contributed by atoms with van der Waals surface area (Å²) in [6.07, 6.45) is 6.25. The molecule has 8 heteroatoms. The minimum absolute atomic E-state index is 0.279. The predicted octanol–water partition coefficient (Wildman–Crippen LogP) is 3.27. The second-order valence-electron chi connectivity index (χ2n) is 5.01. The fourth-order valence-corrected chi connectivity index (χ4v) is 2.96. The van der Waals surface area contributed by atoms with Gasteiger partial charge in [-0.15, -0.1) is 0 Å². The Hall–Kier alpha value is -2.70. The lowest BCUT2D eigenvalue weighted by atomic mass is 10.3. The van der Waals surface area contributed by atoms with Crippen LogP contribution in [0, 0.1) is 0 Å². The molecule has 0 spiro atoms. The van der Waals surface area contributed by atoms with Gasteiger partial charge in [0.25, 0.3) is 5.56 Å². The summed E-state index contributed by atoms with van der Waals surface area (Å²) < 4.78 is 3.05. The molecule has 0 fully saturated rings. The third-order valence-corrected chi connectivity index (χ3v) is 4.11. The van der Waals surface area contributed by atoms with Crippen LogP contribution in [0.4, 0.5) is 0 Å². The molecule has 0 unspecified atom stereocenters. The Labute approximate surface area is 146 Å². The largest absolute Gasteiger partial charge is 0.293 e. The Balaban J connectivity index is 2.00. The van der Waals surface area contributed by atoms with Crippen molar-refractivity contribution in [3.8, 4) is 11.4 Å². The highest BCUT2D eigenvalue weighted by molar-refractivity contribution is 6.35. The van der Waals surface area contributed by atoms with Gasteiger partial charge in [0.2, 0.25) is 0 Å². The standard InChI is InChI=1S/C16H9Cl2N5O/c17-10-1-2-13(12(18)7-10)23-9-21-15-14(16(23)24)22(8-20-15)11-3-5-19-6-4-11/h1-9H. The number of pyridine rings is 1. The first-order chi connectivity index (χ1) is 11.6. The van der Waals surface area contributed by atoms with Crippen LogP contribution in [0.5, 0.6) is 0 Å². The third kappa shape index (κ3) is 2.36. The van der Waals surface area contributed by atoms with E-state index in [4.69, 9.17) is 23.2 Å². The van der Waals surface area contributed by atoms with Crippen molar-refractivity contribution in [2.75, 3.05) is 0 Å². The lowest BCUT2D eigenvalue weighted by Gasteiger charge is -2.09. The van der Waals surface area contributed by atoms with Gasteiger partial charge in [0, 0.05) is 17.4 Å². The molecule has 0 bridgehead atoms. The van der Waals surface area contributed by atoms with Crippen LogP contribution in [-0.4, -0.2) is 24.1 Å². The SMILES string of the molecule is O=c1c2c(ncn1-c1ccc(Cl)cc1Cl)ncn2-c1ccncc1. The van der Waals surface area contributed by atoms with Gasteiger partial charge >= 0.3 is 0 Å². The monoisotopic (exact) mass is 357 g/mol. The molecule has 6 nitrogen and oxygen atoms in total. The average molecular weight is 358 g/mol. The lowest BCUT2D eigenvalue weighted by Crippen LogP contribution is -2.21. The van der Waals surface area contributed by atoms with Gasteiger partial charge in [0.05, 0.1) is 16.4 Å². The van der Waals surface area contributed by atoms with Gasteiger partial charge in [-0.3, -0.25) is 18.9 Å². The van der Waals surface area contributed by atoms with Crippen molar-refractivity contribution < 1.29 is 0 Å². The maximum atomic E-state index is 13.0. The second-order valence-corrected chi connectivity index (χ2v) is 5.85. The van der Waals surface area contributed by atoms with Crippen molar-refractivity contribution in [1.29, 1.82) is 0 Å². The maximum Gasteiger partial charge on any atom is 0.284 e. The Morgan fingerprint density at radius 1 is 0.917 bits per heavy atom. The van der Waals surface area contributed by atoms with E-state index in [-0.39, 0.29) is 5.56 Å². The van der Waals surface area contributed by atoms with Crippen molar-refractivity contribution in [1.82, 2.24) is 24.1 Å². The smallest absolute Gasteiger partial charge is 0.284 e. The summed E-state index contributed by atoms with van der Waals surface area (Å²) >= 11 is 12.1. The van der Waals surface area contributed by atoms with Crippen LogP contribution < -0.4 is 5.56 Å². The Morgan fingerprint density at radius 2 is 1.62 bits per heavy atom. The topological polar surface area (TPSA) is 65.6 Å². The van der Waals surface area contributed by atoms with E-state index in [0.29, 0.717) is 26.9 Å². The van der Waals surface area contributed by atoms with E-state index < -0.39 is 0 Å². The Morgan fingerprint density at radius 3 is 2.33 bits per heavy atom. The number of hydrogen-bond acceptors (Lipinski definition) is 4. The van der Waals surface area contributed by atoms with Crippen molar-refractivity contribution in [3.05, 3.63) is 75.8 Å². The van der Waals surface area contributed by atoms with Crippen LogP contribution in [0.1, 0.15) is 0 Å². The van der Waals surface area contributed by atoms with E-state index in [1.807, 2.05) is 0 Å². The highest BCUT2D eigenvalue weighted by Crippen LogP contribution is 2.23. The first-order valence-electron chi connectivity index (χ1n) is 6.95. The quantitative estimate of drug-likeness (QED) is 0.552. The number of nitrogens with zero attached hydrogens (tertiary/aromatic N) is 5. The zero-order chi connectivity index (χ0) is 16.7. The molecule has 0 saturated heterocycles. The predicted molar refractivity (Wildman–Crippen MR) is 92.3 cm³/mol. The molecule has 0 aliphatic carbocycles. The molecule has 4 rings (SSSR count). The van der Waals surface area contributed by atoms with Crippen LogP contribution in [0.15, 0.2) is 60.2 Å². The summed E-state index contributed by atoms with van der Waals surface area (Å²) in [7, 11) is 0. The molecule has 1 aromatic carbocycles. The van der Waals surface area contributed by atoms with Crippen molar-refractivity contribution >= 4 is 34.4 Å². The number of fused-ring (bicyclic) bond motifs is 1. The highest BCUT2D eigenvalue weighted by Gasteiger charge is 2.14. The van der Waals surface area contributed by atoms with Crippen LogP contribution in [-0.2, 0) is 0 Å². The second kappa shape index (κ2) is 5.74. The van der Waals surface area contributed by atoms with Crippen molar-refractivity contribution in [3.63, 3.8) is 0 Å². The Bertz CT molecular complexity index is 1100. The average Bonchev–Trinajstić information content (AvgIpc) is 3.02. The molecular formula is C16H9Cl2N5O. The van der Waals surface area contributed by atoms with E-state index in [1.54, 1.807) is 53.6 Å². The number of imidazole rings is 1. The van der Waals surface area contributed by atoms with E-state index >= 15 is 0 Å². The number of benzene rings is 1. The summed E-state index contributed by atoms with van der Waals surface area (Å²) in [5, 5.41) is 0.855. The lowest BCUT2D eigenvalue weighted by molar-refractivity contribution is 0.947. The number of halogens is 2. The van der Waals surface area contributed by atoms with E-state index in [9.17, 15) is 4.79 Å². The van der Waals surface area contributed by atoms with Crippen molar-refractivity contribution in [2.24, 2.45) is 0 Å². The molecule has 0 aliphatic heterocycles. The summed E-state index contributed by atoms with van der Waals surface area (Å²) in [5.74, 6) is 0. The number of hydrogen-bond donors (Lipinski definition) is 0. The number of aromatic nitrogens is 5. The first kappa shape index (κ1) is 14.9. The van der Waals surface area contributed by atoms with Gasteiger partial charge in [-0.2, -0.15) is 0 Å². The normalized spacial score (nSPS) is 11.1. The minimum atomic E-state index is -0.279. The van der Waals surface area contributed by atoms with Gasteiger partial charge in [-0.1, -0.05) is 23.2 Å². The molecule has 0 amide bonds. The zero-order valence-corrected chi connectivity index (χ0v) is 13.6. The summed E-state index contributed by atoms with van der Waals surface area (Å²) in [6.45, 7) is 0. The third-order valence-electron chi connectivity index (χ3n) is 3.58. The fourth-order valence-electron chi connectivity index (χ4n) is 2.46. The molecule has 0 aliphatic rings. The molecule has 0 radical (unpaired) electrons. The minimum Gasteiger partial charge on any atom is -0.293 e. The molecule has 0 N–H and O–H groups in total. The summed E-state index contributed by atoms with van der Waals surface area (Å²) in [5.41, 5.74) is 1.71. The molecule has 0 saturated carbocycles. The van der Waals surface area contributed by atoms with Crippen LogP contribution in [0.3, 0.4) is 0 Å². The zero-order valence-electron chi connectivity index (χ0n) is 12.1. The van der Waals surface area contributed by atoms with Crippen LogP contribution in [0.25, 0.3) is 22.5 Å². The van der Waals surface area contributed by atoms with E-state index in [0.717, 1.165) is 5.69 Å². The van der Waals surface area contributed by atoms with Gasteiger partial charge < -0.3 is 0 Å². The van der Waals surface area contributed by atoms with E-state index in [1.165, 1.54) is 10.9 Å². The molecule has 3 heterocycles. The van der Waals surface area contributed by atoms with Crippen LogP contribution >= 0.6 is 23.2 Å². The summed E-state index contributed by atoms with van der Waals surface area (Å²) in [4.78, 5) is 25.4. The molecule has 0 atom stereocenters. The van der Waals surface area contributed by atoms with Gasteiger partial charge in [-0.05, 0) is 30.3 Å². The highest BCUT2D eigenvalue weighted by atomic mass is 35.5. The maximum absolute atomic E-state index is 13.0.